The maximum absolute atomic E-state index is 13.0. The largest absolute Gasteiger partial charge is 0.480 e. The van der Waals surface area contributed by atoms with Crippen LogP contribution in [0.3, 0.4) is 0 Å². The van der Waals surface area contributed by atoms with Gasteiger partial charge in [0, 0.05) is 6.54 Å². The molecule has 2 fully saturated rings. The number of nitrogens with zero attached hydrogens (tertiary/aromatic N) is 1. The average molecular weight is 358 g/mol. The van der Waals surface area contributed by atoms with E-state index in [0.29, 0.717) is 13.0 Å². The van der Waals surface area contributed by atoms with Crippen molar-refractivity contribution < 1.29 is 24.2 Å². The van der Waals surface area contributed by atoms with E-state index in [4.69, 9.17) is 0 Å². The van der Waals surface area contributed by atoms with Crippen molar-refractivity contribution in [1.82, 2.24) is 10.2 Å². The molecule has 1 spiro atoms. The van der Waals surface area contributed by atoms with Crippen molar-refractivity contribution in [1.29, 1.82) is 0 Å². The van der Waals surface area contributed by atoms with Crippen LogP contribution in [0.1, 0.15) is 33.1 Å². The molecule has 2 rings (SSSR count). The third-order valence-electron chi connectivity index (χ3n) is 5.02. The fourth-order valence-corrected chi connectivity index (χ4v) is 4.91. The second-order valence-electron chi connectivity index (χ2n) is 6.99. The summed E-state index contributed by atoms with van der Waals surface area (Å²) in [4.78, 5) is 37.7. The van der Waals surface area contributed by atoms with Crippen LogP contribution in [0, 0.1) is 11.3 Å². The summed E-state index contributed by atoms with van der Waals surface area (Å²) in [6, 6.07) is -1.60. The molecule has 0 saturated carbocycles. The van der Waals surface area contributed by atoms with Crippen LogP contribution in [0.15, 0.2) is 0 Å². The Morgan fingerprint density at radius 1 is 1.29 bits per heavy atom. The zero-order valence-corrected chi connectivity index (χ0v) is 15.2. The molecule has 2 heterocycles. The van der Waals surface area contributed by atoms with Crippen molar-refractivity contribution in [2.24, 2.45) is 11.3 Å². The summed E-state index contributed by atoms with van der Waals surface area (Å²) in [5.41, 5.74) is -0.100. The van der Waals surface area contributed by atoms with E-state index in [0.717, 1.165) is 24.3 Å². The van der Waals surface area contributed by atoms with Crippen molar-refractivity contribution in [2.75, 3.05) is 25.2 Å². The Labute approximate surface area is 146 Å². The normalized spacial score (nSPS) is 24.0. The van der Waals surface area contributed by atoms with Gasteiger partial charge >= 0.3 is 12.1 Å². The lowest BCUT2D eigenvalue weighted by atomic mass is 9.80. The van der Waals surface area contributed by atoms with Gasteiger partial charge in [0.15, 0.2) is 0 Å². The third kappa shape index (κ3) is 3.96. The molecule has 136 valence electrons. The number of carbonyl (C=O) groups is 3. The molecule has 2 saturated heterocycles. The number of carbonyl (C=O) groups excluding carboxylic acids is 2. The maximum Gasteiger partial charge on any atom is 0.407 e. The van der Waals surface area contributed by atoms with Gasteiger partial charge in [-0.1, -0.05) is 13.8 Å². The van der Waals surface area contributed by atoms with Gasteiger partial charge in [0.2, 0.25) is 5.91 Å². The van der Waals surface area contributed by atoms with Crippen LogP contribution in [-0.2, 0) is 14.3 Å². The minimum absolute atomic E-state index is 0.100. The first-order chi connectivity index (χ1) is 11.3. The summed E-state index contributed by atoms with van der Waals surface area (Å²) in [6.45, 7) is 4.09. The Bertz CT molecular complexity index is 505. The first kappa shape index (κ1) is 18.9. The molecule has 2 N–H and O–H groups in total. The van der Waals surface area contributed by atoms with Gasteiger partial charge in [0.25, 0.3) is 0 Å². The van der Waals surface area contributed by atoms with Gasteiger partial charge in [-0.3, -0.25) is 4.79 Å². The lowest BCUT2D eigenvalue weighted by molar-refractivity contribution is -0.149. The molecule has 24 heavy (non-hydrogen) atoms. The number of thioether (sulfide) groups is 1. The van der Waals surface area contributed by atoms with Crippen molar-refractivity contribution in [3.63, 3.8) is 0 Å². The molecule has 1 unspecified atom stereocenters. The quantitative estimate of drug-likeness (QED) is 0.792. The van der Waals surface area contributed by atoms with Gasteiger partial charge in [-0.25, -0.2) is 9.59 Å². The van der Waals surface area contributed by atoms with Crippen LogP contribution in [0.4, 0.5) is 4.79 Å². The molecule has 8 heteroatoms. The van der Waals surface area contributed by atoms with Crippen molar-refractivity contribution >= 4 is 29.7 Å². The van der Waals surface area contributed by atoms with Gasteiger partial charge in [-0.05, 0) is 42.1 Å². The van der Waals surface area contributed by atoms with Gasteiger partial charge < -0.3 is 20.1 Å². The summed E-state index contributed by atoms with van der Waals surface area (Å²) in [5.74, 6) is 0.534. The third-order valence-corrected chi connectivity index (χ3v) is 6.01. The van der Waals surface area contributed by atoms with E-state index < -0.39 is 24.1 Å². The molecule has 2 amide bonds. The highest BCUT2D eigenvalue weighted by Crippen LogP contribution is 2.45. The van der Waals surface area contributed by atoms with E-state index >= 15 is 0 Å². The number of rotatable bonds is 4. The fourth-order valence-electron chi connectivity index (χ4n) is 3.55. The first-order valence-corrected chi connectivity index (χ1v) is 9.40. The number of carboxylic acid groups (broad SMARTS) is 1. The Morgan fingerprint density at radius 3 is 2.42 bits per heavy atom. The number of aliphatic carboxylic acids is 1. The molecule has 0 bridgehead atoms. The monoisotopic (exact) mass is 358 g/mol. The average Bonchev–Trinajstić information content (AvgIpc) is 2.91. The van der Waals surface area contributed by atoms with E-state index in [-0.39, 0.29) is 17.2 Å². The maximum atomic E-state index is 13.0. The Morgan fingerprint density at radius 2 is 1.92 bits per heavy atom. The number of methoxy groups -OCH3 is 1. The van der Waals surface area contributed by atoms with Crippen molar-refractivity contribution in [3.05, 3.63) is 0 Å². The van der Waals surface area contributed by atoms with E-state index in [1.165, 1.54) is 12.0 Å². The molecule has 0 aromatic rings. The summed E-state index contributed by atoms with van der Waals surface area (Å²) in [5, 5.41) is 12.1. The zero-order valence-electron chi connectivity index (χ0n) is 14.4. The van der Waals surface area contributed by atoms with Gasteiger partial charge in [0.1, 0.15) is 12.1 Å². The van der Waals surface area contributed by atoms with Crippen LogP contribution >= 0.6 is 11.8 Å². The first-order valence-electron chi connectivity index (χ1n) is 8.25. The molecule has 0 radical (unpaired) electrons. The standard InChI is InChI=1S/C16H26N2O5S/c1-10(2)12(17-15(22)23-3)13(19)18-9-16(4-6-24-7-5-16)8-11(18)14(20)21/h10-12H,4-9H2,1-3H3,(H,17,22)(H,20,21)/t11?,12-/m0/s1. The predicted octanol–water partition coefficient (Wildman–Crippen LogP) is 1.57. The Hall–Kier alpha value is -1.44. The van der Waals surface area contributed by atoms with E-state index in [2.05, 4.69) is 10.1 Å². The fraction of sp³-hybridized carbons (Fsp3) is 0.812. The topological polar surface area (TPSA) is 95.9 Å². The Kier molecular flexibility index (Phi) is 6.01. The molecule has 0 aromatic carbocycles. The number of ether oxygens (including phenoxy) is 1. The SMILES string of the molecule is COC(=O)N[C@H](C(=O)N1CC2(CCSCC2)CC1C(=O)O)C(C)C. The lowest BCUT2D eigenvalue weighted by Crippen LogP contribution is -2.54. The number of hydrogen-bond donors (Lipinski definition) is 2. The number of amides is 2. The minimum Gasteiger partial charge on any atom is -0.480 e. The molecular weight excluding hydrogens is 332 g/mol. The zero-order chi connectivity index (χ0) is 17.9. The van der Waals surface area contributed by atoms with Crippen LogP contribution in [0.5, 0.6) is 0 Å². The van der Waals surface area contributed by atoms with Crippen LogP contribution < -0.4 is 5.32 Å². The number of likely N-dealkylation sites (tertiary alicyclic amines) is 1. The van der Waals surface area contributed by atoms with Crippen LogP contribution in [0.25, 0.3) is 0 Å². The summed E-state index contributed by atoms with van der Waals surface area (Å²) < 4.78 is 4.59. The highest BCUT2D eigenvalue weighted by atomic mass is 32.2. The molecule has 0 aliphatic carbocycles. The van der Waals surface area contributed by atoms with Crippen LogP contribution in [0.2, 0.25) is 0 Å². The minimum atomic E-state index is -0.973. The number of hydrogen-bond acceptors (Lipinski definition) is 5. The lowest BCUT2D eigenvalue weighted by Gasteiger charge is -2.33. The predicted molar refractivity (Wildman–Crippen MR) is 90.9 cm³/mol. The smallest absolute Gasteiger partial charge is 0.407 e. The van der Waals surface area contributed by atoms with E-state index in [9.17, 15) is 19.5 Å². The number of alkyl carbamates (subject to hydrolysis) is 1. The molecular formula is C16H26N2O5S. The second-order valence-corrected chi connectivity index (χ2v) is 8.22. The van der Waals surface area contributed by atoms with Gasteiger partial charge in [-0.2, -0.15) is 11.8 Å². The van der Waals surface area contributed by atoms with Crippen LogP contribution in [-0.4, -0.2) is 65.2 Å². The number of carboxylic acids is 1. The molecule has 2 aliphatic rings. The van der Waals surface area contributed by atoms with Gasteiger partial charge in [0.05, 0.1) is 7.11 Å². The summed E-state index contributed by atoms with van der Waals surface area (Å²) in [7, 11) is 1.24. The molecule has 0 aromatic heterocycles. The number of nitrogens with one attached hydrogen (secondary N) is 1. The summed E-state index contributed by atoms with van der Waals surface area (Å²) >= 11 is 1.87. The molecule has 7 nitrogen and oxygen atoms in total. The summed E-state index contributed by atoms with van der Waals surface area (Å²) in [6.07, 6.45) is 1.68. The second kappa shape index (κ2) is 7.63. The van der Waals surface area contributed by atoms with Crippen molar-refractivity contribution in [3.8, 4) is 0 Å². The highest BCUT2D eigenvalue weighted by Gasteiger charge is 2.50. The molecule has 2 atom stereocenters. The van der Waals surface area contributed by atoms with E-state index in [1.807, 2.05) is 25.6 Å². The highest BCUT2D eigenvalue weighted by molar-refractivity contribution is 7.99. The Balaban J connectivity index is 2.20. The van der Waals surface area contributed by atoms with E-state index in [1.54, 1.807) is 0 Å². The van der Waals surface area contributed by atoms with Gasteiger partial charge in [-0.15, -0.1) is 0 Å². The van der Waals surface area contributed by atoms with Crippen molar-refractivity contribution in [2.45, 2.75) is 45.2 Å². The molecule has 2 aliphatic heterocycles.